The normalized spacial score (nSPS) is 14.8. The third-order valence-corrected chi connectivity index (χ3v) is 9.58. The van der Waals surface area contributed by atoms with E-state index in [1.165, 1.54) is 25.2 Å². The number of nitrogens with one attached hydrogen (secondary N) is 8. The first-order chi connectivity index (χ1) is 27.3. The van der Waals surface area contributed by atoms with Gasteiger partial charge in [-0.3, -0.25) is 28.8 Å². The van der Waals surface area contributed by atoms with Crippen molar-refractivity contribution >= 4 is 57.9 Å². The van der Waals surface area contributed by atoms with E-state index in [2.05, 4.69) is 54.4 Å². The second-order valence-electron chi connectivity index (χ2n) is 13.4. The molecule has 8 amide bonds. The van der Waals surface area contributed by atoms with Gasteiger partial charge < -0.3 is 57.7 Å². The van der Waals surface area contributed by atoms with Crippen LogP contribution in [0.1, 0.15) is 56.2 Å². The van der Waals surface area contributed by atoms with Crippen LogP contribution >= 0.6 is 11.3 Å². The summed E-state index contributed by atoms with van der Waals surface area (Å²) in [4.78, 5) is 91.3. The number of aromatic nitrogens is 1. The number of nitrogens with two attached hydrogens (primary N) is 1. The second kappa shape index (κ2) is 25.1. The molecule has 314 valence electrons. The van der Waals surface area contributed by atoms with Gasteiger partial charge in [0.25, 0.3) is 0 Å². The highest BCUT2D eigenvalue weighted by Gasteiger charge is 2.24. The van der Waals surface area contributed by atoms with Gasteiger partial charge in [0.1, 0.15) is 24.7 Å². The molecule has 0 bridgehead atoms. The Morgan fingerprint density at radius 3 is 2.30 bits per heavy atom. The van der Waals surface area contributed by atoms with Crippen molar-refractivity contribution in [2.75, 3.05) is 57.9 Å². The van der Waals surface area contributed by atoms with Crippen molar-refractivity contribution in [3.63, 3.8) is 0 Å². The fraction of sp³-hybridized carbons (Fsp3) is 0.568. The Morgan fingerprint density at radius 2 is 1.56 bits per heavy atom. The van der Waals surface area contributed by atoms with Crippen molar-refractivity contribution in [1.82, 2.24) is 42.2 Å². The van der Waals surface area contributed by atoms with Crippen LogP contribution in [-0.2, 0) is 57.5 Å². The number of benzene rings is 1. The maximum atomic E-state index is 12.5. The zero-order valence-corrected chi connectivity index (χ0v) is 33.5. The number of rotatable bonds is 25. The molecule has 1 aliphatic carbocycles. The maximum absolute atomic E-state index is 12.5. The lowest BCUT2D eigenvalue weighted by molar-refractivity contribution is -0.132. The van der Waals surface area contributed by atoms with E-state index < -0.39 is 59.6 Å². The van der Waals surface area contributed by atoms with Gasteiger partial charge >= 0.3 is 6.03 Å². The summed E-state index contributed by atoms with van der Waals surface area (Å²) in [7, 11) is 0. The molecule has 0 fully saturated rings. The number of thiazole rings is 1. The number of ether oxygens (including phenoxy) is 2. The highest BCUT2D eigenvalue weighted by atomic mass is 32.1. The number of carbonyl (C=O) groups excluding carboxylic acids is 7. The number of carbonyl (C=O) groups is 7. The Kier molecular flexibility index (Phi) is 20.4. The van der Waals surface area contributed by atoms with Gasteiger partial charge in [-0.25, -0.2) is 9.78 Å². The van der Waals surface area contributed by atoms with E-state index in [0.717, 1.165) is 48.4 Å². The maximum Gasteiger partial charge on any atom is 0.315 e. The summed E-state index contributed by atoms with van der Waals surface area (Å²) >= 11 is 1.45. The SMILES string of the molecule is CCCN[C@H]1CCc2nc(NC(=O)CNC(=O)NCCOCC(=O)N[C@@H](C)C(=O)N[C@@H](C)C(=O)NCCOCCC(=O)N[C@@H](Cc3ccccc3)C(N)=O)sc2C1. The van der Waals surface area contributed by atoms with Crippen LogP contribution in [0.2, 0.25) is 0 Å². The molecule has 19 nitrogen and oxygen atoms in total. The quantitative estimate of drug-likeness (QED) is 0.0549. The van der Waals surface area contributed by atoms with Crippen LogP contribution < -0.4 is 48.3 Å². The molecule has 2 aromatic rings. The van der Waals surface area contributed by atoms with E-state index in [-0.39, 0.29) is 58.9 Å². The van der Waals surface area contributed by atoms with Gasteiger partial charge in [-0.2, -0.15) is 0 Å². The van der Waals surface area contributed by atoms with Crippen molar-refractivity contribution in [3.05, 3.63) is 46.5 Å². The molecule has 1 aromatic heterocycles. The van der Waals surface area contributed by atoms with E-state index >= 15 is 0 Å². The first-order valence-electron chi connectivity index (χ1n) is 19.0. The molecule has 0 saturated carbocycles. The minimum absolute atomic E-state index is 0.00891. The molecule has 57 heavy (non-hydrogen) atoms. The lowest BCUT2D eigenvalue weighted by Gasteiger charge is -2.21. The highest BCUT2D eigenvalue weighted by molar-refractivity contribution is 7.15. The number of anilines is 1. The number of nitrogens with zero attached hydrogens (tertiary/aromatic N) is 1. The lowest BCUT2D eigenvalue weighted by atomic mass is 9.98. The molecular formula is C37H56N10O9S. The third-order valence-electron chi connectivity index (χ3n) is 8.55. The van der Waals surface area contributed by atoms with Crippen LogP contribution in [0, 0.1) is 0 Å². The molecule has 4 atom stereocenters. The summed E-state index contributed by atoms with van der Waals surface area (Å²) in [5.41, 5.74) is 7.29. The average Bonchev–Trinajstić information content (AvgIpc) is 3.58. The number of urea groups is 1. The Balaban J connectivity index is 1.18. The fourth-order valence-electron chi connectivity index (χ4n) is 5.50. The Morgan fingerprint density at radius 1 is 0.842 bits per heavy atom. The predicted molar refractivity (Wildman–Crippen MR) is 212 cm³/mol. The van der Waals surface area contributed by atoms with Gasteiger partial charge in [0.05, 0.1) is 32.1 Å². The van der Waals surface area contributed by atoms with Gasteiger partial charge in [0, 0.05) is 36.9 Å². The van der Waals surface area contributed by atoms with E-state index in [1.54, 1.807) is 0 Å². The van der Waals surface area contributed by atoms with Crippen molar-refractivity contribution in [1.29, 1.82) is 0 Å². The lowest BCUT2D eigenvalue weighted by Crippen LogP contribution is -2.52. The molecule has 1 heterocycles. The van der Waals surface area contributed by atoms with Gasteiger partial charge in [-0.05, 0) is 51.6 Å². The highest BCUT2D eigenvalue weighted by Crippen LogP contribution is 2.29. The molecule has 3 rings (SSSR count). The number of fused-ring (bicyclic) bond motifs is 1. The predicted octanol–water partition coefficient (Wildman–Crippen LogP) is -1.00. The summed E-state index contributed by atoms with van der Waals surface area (Å²) in [5, 5.41) is 21.9. The standard InChI is InChI=1S/C37H56N10O9S/c1-4-13-39-26-10-11-27-29(20-26)57-37(46-27)47-31(49)21-42-36(54)41-15-18-56-22-32(50)43-24(3)35(53)44-23(2)34(52)40-14-17-55-16-12-30(48)45-28(33(38)51)19-25-8-6-5-7-9-25/h5-9,23-24,26,28,39H,4,10-22H2,1-3H3,(H2,38,51)(H,40,52)(H,43,50)(H,44,53)(H,45,48)(H2,41,42,54)(H,46,47,49)/t23-,24-,26-,28-/m0/s1. The molecule has 0 radical (unpaired) electrons. The molecule has 0 spiro atoms. The summed E-state index contributed by atoms with van der Waals surface area (Å²) in [6.07, 6.45) is 4.06. The number of hydrogen-bond acceptors (Lipinski definition) is 12. The third kappa shape index (κ3) is 18.1. The molecule has 0 saturated heterocycles. The van der Waals surface area contributed by atoms with E-state index in [4.69, 9.17) is 15.2 Å². The van der Waals surface area contributed by atoms with E-state index in [1.807, 2.05) is 30.3 Å². The number of hydrogen-bond donors (Lipinski definition) is 9. The minimum Gasteiger partial charge on any atom is -0.379 e. The van der Waals surface area contributed by atoms with Crippen molar-refractivity contribution in [2.24, 2.45) is 5.73 Å². The number of aryl methyl sites for hydroxylation is 1. The number of primary amides is 1. The summed E-state index contributed by atoms with van der Waals surface area (Å²) < 4.78 is 10.7. The number of amides is 8. The Bertz CT molecular complexity index is 1640. The zero-order chi connectivity index (χ0) is 41.6. The van der Waals surface area contributed by atoms with E-state index in [9.17, 15) is 33.6 Å². The van der Waals surface area contributed by atoms with Crippen LogP contribution in [0.3, 0.4) is 0 Å². The molecule has 1 aromatic carbocycles. The molecule has 20 heteroatoms. The van der Waals surface area contributed by atoms with Crippen LogP contribution in [0.5, 0.6) is 0 Å². The van der Waals surface area contributed by atoms with Crippen LogP contribution in [-0.4, -0.2) is 123 Å². The minimum atomic E-state index is -0.975. The van der Waals surface area contributed by atoms with Crippen LogP contribution in [0.15, 0.2) is 30.3 Å². The Hall–Kier alpha value is -5.18. The largest absolute Gasteiger partial charge is 0.379 e. The molecule has 1 aliphatic rings. The van der Waals surface area contributed by atoms with Crippen LogP contribution in [0.25, 0.3) is 0 Å². The zero-order valence-electron chi connectivity index (χ0n) is 32.7. The Labute approximate surface area is 336 Å². The van der Waals surface area contributed by atoms with Crippen LogP contribution in [0.4, 0.5) is 9.93 Å². The van der Waals surface area contributed by atoms with E-state index in [0.29, 0.717) is 11.2 Å². The van der Waals surface area contributed by atoms with Gasteiger partial charge in [0.15, 0.2) is 5.13 Å². The molecular weight excluding hydrogens is 761 g/mol. The molecule has 0 unspecified atom stereocenters. The van der Waals surface area contributed by atoms with Crippen molar-refractivity contribution in [3.8, 4) is 0 Å². The first-order valence-corrected chi connectivity index (χ1v) is 19.8. The fourth-order valence-corrected chi connectivity index (χ4v) is 6.60. The van der Waals surface area contributed by atoms with Gasteiger partial charge in [0.2, 0.25) is 35.4 Å². The molecule has 10 N–H and O–H groups in total. The van der Waals surface area contributed by atoms with Gasteiger partial charge in [-0.1, -0.05) is 37.3 Å². The monoisotopic (exact) mass is 816 g/mol. The summed E-state index contributed by atoms with van der Waals surface area (Å²) in [6, 6.07) is 6.23. The van der Waals surface area contributed by atoms with Gasteiger partial charge in [-0.15, -0.1) is 11.3 Å². The average molecular weight is 817 g/mol. The second-order valence-corrected chi connectivity index (χ2v) is 14.5. The summed E-state index contributed by atoms with van der Waals surface area (Å²) in [6.45, 7) is 5.69. The van der Waals surface area contributed by atoms with Crippen molar-refractivity contribution < 1.29 is 43.0 Å². The summed E-state index contributed by atoms with van der Waals surface area (Å²) in [5.74, 6) is -3.12. The topological polar surface area (TPSA) is 273 Å². The molecule has 0 aliphatic heterocycles. The smallest absolute Gasteiger partial charge is 0.315 e. The van der Waals surface area contributed by atoms with Crippen molar-refractivity contribution in [2.45, 2.75) is 83.5 Å². The first kappa shape index (κ1) is 46.2.